The molecule has 0 aromatic heterocycles. The van der Waals surface area contributed by atoms with Gasteiger partial charge in [-0.3, -0.25) is 0 Å². The summed E-state index contributed by atoms with van der Waals surface area (Å²) in [5.41, 5.74) is 2.15. The van der Waals surface area contributed by atoms with E-state index in [1.807, 2.05) is 19.9 Å². The zero-order valence-corrected chi connectivity index (χ0v) is 9.18. The maximum absolute atomic E-state index is 12.8. The number of aryl methyl sites for hydroxylation is 1. The molecule has 0 bridgehead atoms. The van der Waals surface area contributed by atoms with Crippen molar-refractivity contribution in [1.82, 2.24) is 5.32 Å². The number of hydrogen-bond acceptors (Lipinski definition) is 1. The molecular formula is C13H16FN. The average Bonchev–Trinajstić information content (AvgIpc) is 2.21. The monoisotopic (exact) mass is 205 g/mol. The summed E-state index contributed by atoms with van der Waals surface area (Å²) >= 11 is 0. The minimum absolute atomic E-state index is 0.0887. The highest BCUT2D eigenvalue weighted by atomic mass is 19.1. The van der Waals surface area contributed by atoms with Crippen molar-refractivity contribution in [2.45, 2.75) is 26.3 Å². The van der Waals surface area contributed by atoms with Crippen molar-refractivity contribution in [2.24, 2.45) is 0 Å². The van der Waals surface area contributed by atoms with Crippen LogP contribution in [-0.2, 0) is 6.42 Å². The summed E-state index contributed by atoms with van der Waals surface area (Å²) < 4.78 is 12.8. The first-order valence-electron chi connectivity index (χ1n) is 5.08. The van der Waals surface area contributed by atoms with Gasteiger partial charge in [-0.25, -0.2) is 4.39 Å². The van der Waals surface area contributed by atoms with E-state index >= 15 is 0 Å². The molecule has 0 spiro atoms. The Bertz CT molecular complexity index is 365. The Hall–Kier alpha value is -1.33. The van der Waals surface area contributed by atoms with Gasteiger partial charge in [-0.1, -0.05) is 12.0 Å². The van der Waals surface area contributed by atoms with E-state index in [0.29, 0.717) is 0 Å². The Balaban J connectivity index is 2.48. The Morgan fingerprint density at radius 1 is 1.53 bits per heavy atom. The normalized spacial score (nSPS) is 12.1. The molecule has 1 nitrogen and oxygen atoms in total. The molecule has 1 aromatic rings. The van der Waals surface area contributed by atoms with Gasteiger partial charge in [0, 0.05) is 6.54 Å². The zero-order chi connectivity index (χ0) is 11.3. The van der Waals surface area contributed by atoms with Gasteiger partial charge in [0.05, 0.1) is 6.04 Å². The molecule has 0 aliphatic rings. The molecule has 0 saturated heterocycles. The van der Waals surface area contributed by atoms with Crippen LogP contribution in [-0.4, -0.2) is 12.6 Å². The van der Waals surface area contributed by atoms with Crippen LogP contribution in [0.25, 0.3) is 0 Å². The quantitative estimate of drug-likeness (QED) is 0.744. The van der Waals surface area contributed by atoms with Crippen LogP contribution < -0.4 is 5.32 Å². The van der Waals surface area contributed by atoms with Crippen molar-refractivity contribution in [3.8, 4) is 12.3 Å². The molecule has 0 radical (unpaired) electrons. The molecule has 15 heavy (non-hydrogen) atoms. The second-order valence-electron chi connectivity index (χ2n) is 3.66. The van der Waals surface area contributed by atoms with Crippen LogP contribution in [0.4, 0.5) is 4.39 Å². The third-order valence-corrected chi connectivity index (χ3v) is 2.40. The summed E-state index contributed by atoms with van der Waals surface area (Å²) in [5.74, 6) is 2.42. The number of nitrogens with one attached hydrogen (secondary N) is 1. The van der Waals surface area contributed by atoms with E-state index in [0.717, 1.165) is 24.1 Å². The molecule has 2 heteroatoms. The zero-order valence-electron chi connectivity index (χ0n) is 9.18. The van der Waals surface area contributed by atoms with Crippen LogP contribution >= 0.6 is 0 Å². The lowest BCUT2D eigenvalue weighted by atomic mass is 10.1. The summed E-state index contributed by atoms with van der Waals surface area (Å²) in [5, 5.41) is 3.19. The molecule has 1 N–H and O–H groups in total. The summed E-state index contributed by atoms with van der Waals surface area (Å²) in [4.78, 5) is 0. The average molecular weight is 205 g/mol. The van der Waals surface area contributed by atoms with Crippen molar-refractivity contribution in [2.75, 3.05) is 6.54 Å². The molecule has 1 aromatic carbocycles. The first kappa shape index (κ1) is 11.7. The van der Waals surface area contributed by atoms with Crippen molar-refractivity contribution < 1.29 is 4.39 Å². The molecule has 80 valence electrons. The fourth-order valence-electron chi connectivity index (χ4n) is 1.42. The third-order valence-electron chi connectivity index (χ3n) is 2.40. The summed E-state index contributed by atoms with van der Waals surface area (Å²) in [6.45, 7) is 4.68. The van der Waals surface area contributed by atoms with Crippen LogP contribution in [0, 0.1) is 25.1 Å². The largest absolute Gasteiger partial charge is 0.304 e. The molecule has 1 atom stereocenters. The summed E-state index contributed by atoms with van der Waals surface area (Å²) in [6.07, 6.45) is 6.11. The standard InChI is InChI=1S/C13H16FN/c1-4-11(3)15-8-7-12-5-6-13(14)9-10(12)2/h1,5-6,9,11,15H,7-8H2,2-3H3. The van der Waals surface area contributed by atoms with E-state index in [2.05, 4.69) is 11.2 Å². The maximum Gasteiger partial charge on any atom is 0.123 e. The second-order valence-corrected chi connectivity index (χ2v) is 3.66. The fraction of sp³-hybridized carbons (Fsp3) is 0.385. The van der Waals surface area contributed by atoms with Gasteiger partial charge in [-0.05, 0) is 43.5 Å². The Labute approximate surface area is 90.7 Å². The van der Waals surface area contributed by atoms with E-state index in [1.54, 1.807) is 6.07 Å². The van der Waals surface area contributed by atoms with E-state index in [9.17, 15) is 4.39 Å². The summed E-state index contributed by atoms with van der Waals surface area (Å²) in [7, 11) is 0. The van der Waals surface area contributed by atoms with Gasteiger partial charge in [0.2, 0.25) is 0 Å². The molecule has 1 unspecified atom stereocenters. The lowest BCUT2D eigenvalue weighted by Crippen LogP contribution is -2.26. The molecule has 1 rings (SSSR count). The van der Waals surface area contributed by atoms with Crippen molar-refractivity contribution in [1.29, 1.82) is 0 Å². The van der Waals surface area contributed by atoms with Gasteiger partial charge in [-0.2, -0.15) is 0 Å². The van der Waals surface area contributed by atoms with Crippen LogP contribution in [0.3, 0.4) is 0 Å². The van der Waals surface area contributed by atoms with E-state index in [-0.39, 0.29) is 11.9 Å². The molecular weight excluding hydrogens is 189 g/mol. The van der Waals surface area contributed by atoms with Gasteiger partial charge < -0.3 is 5.32 Å². The second kappa shape index (κ2) is 5.53. The third kappa shape index (κ3) is 3.73. The number of hydrogen-bond donors (Lipinski definition) is 1. The Morgan fingerprint density at radius 2 is 2.27 bits per heavy atom. The smallest absolute Gasteiger partial charge is 0.123 e. The van der Waals surface area contributed by atoms with Crippen LogP contribution in [0.1, 0.15) is 18.1 Å². The van der Waals surface area contributed by atoms with Crippen molar-refractivity contribution in [3.63, 3.8) is 0 Å². The number of rotatable bonds is 4. The minimum Gasteiger partial charge on any atom is -0.304 e. The number of halogens is 1. The molecule has 0 fully saturated rings. The van der Waals surface area contributed by atoms with Gasteiger partial charge in [0.1, 0.15) is 5.82 Å². The van der Waals surface area contributed by atoms with E-state index < -0.39 is 0 Å². The topological polar surface area (TPSA) is 12.0 Å². The van der Waals surface area contributed by atoms with Gasteiger partial charge >= 0.3 is 0 Å². The Morgan fingerprint density at radius 3 is 2.87 bits per heavy atom. The first-order chi connectivity index (χ1) is 7.13. The highest BCUT2D eigenvalue weighted by molar-refractivity contribution is 5.26. The van der Waals surface area contributed by atoms with Crippen LogP contribution in [0.2, 0.25) is 0 Å². The van der Waals surface area contributed by atoms with Crippen LogP contribution in [0.15, 0.2) is 18.2 Å². The van der Waals surface area contributed by atoms with Gasteiger partial charge in [-0.15, -0.1) is 6.42 Å². The molecule has 0 aliphatic carbocycles. The lowest BCUT2D eigenvalue weighted by Gasteiger charge is -2.09. The number of benzene rings is 1. The highest BCUT2D eigenvalue weighted by Gasteiger charge is 2.00. The maximum atomic E-state index is 12.8. The molecule has 0 heterocycles. The molecule has 0 aliphatic heterocycles. The SMILES string of the molecule is C#CC(C)NCCc1ccc(F)cc1C. The lowest BCUT2D eigenvalue weighted by molar-refractivity contribution is 0.622. The molecule has 0 saturated carbocycles. The fourth-order valence-corrected chi connectivity index (χ4v) is 1.42. The first-order valence-corrected chi connectivity index (χ1v) is 5.08. The Kier molecular flexibility index (Phi) is 4.33. The molecule has 0 amide bonds. The van der Waals surface area contributed by atoms with E-state index in [4.69, 9.17) is 6.42 Å². The van der Waals surface area contributed by atoms with Gasteiger partial charge in [0.25, 0.3) is 0 Å². The number of terminal acetylenes is 1. The van der Waals surface area contributed by atoms with Crippen molar-refractivity contribution in [3.05, 3.63) is 35.1 Å². The van der Waals surface area contributed by atoms with Gasteiger partial charge in [0.15, 0.2) is 0 Å². The summed E-state index contributed by atoms with van der Waals surface area (Å²) in [6, 6.07) is 4.96. The van der Waals surface area contributed by atoms with Crippen molar-refractivity contribution >= 4 is 0 Å². The predicted octanol–water partition coefficient (Wildman–Crippen LogP) is 2.29. The predicted molar refractivity (Wildman–Crippen MR) is 61.1 cm³/mol. The van der Waals surface area contributed by atoms with Crippen LogP contribution in [0.5, 0.6) is 0 Å². The highest BCUT2D eigenvalue weighted by Crippen LogP contribution is 2.10. The van der Waals surface area contributed by atoms with E-state index in [1.165, 1.54) is 6.07 Å². The minimum atomic E-state index is -0.179.